The van der Waals surface area contributed by atoms with Crippen molar-refractivity contribution < 1.29 is 8.78 Å². The van der Waals surface area contributed by atoms with Crippen LogP contribution in [-0.2, 0) is 6.42 Å². The standard InChI is InChI=1S/C19H12F2N2/c20-15-5-1-13(2-6-15)18-11-23-12-19(17(18)9-10-22)14-3-7-16(21)8-4-14/h1-8,11-12H,9H2. The first-order valence-electron chi connectivity index (χ1n) is 7.05. The third-order valence-corrected chi connectivity index (χ3v) is 3.62. The van der Waals surface area contributed by atoms with Crippen molar-refractivity contribution in [2.45, 2.75) is 6.42 Å². The van der Waals surface area contributed by atoms with Crippen LogP contribution in [0.5, 0.6) is 0 Å². The molecule has 0 saturated heterocycles. The van der Waals surface area contributed by atoms with Crippen molar-refractivity contribution in [2.24, 2.45) is 0 Å². The van der Waals surface area contributed by atoms with Crippen molar-refractivity contribution in [3.63, 3.8) is 0 Å². The van der Waals surface area contributed by atoms with Gasteiger partial charge >= 0.3 is 0 Å². The fourth-order valence-corrected chi connectivity index (χ4v) is 2.51. The summed E-state index contributed by atoms with van der Waals surface area (Å²) in [6.45, 7) is 0. The van der Waals surface area contributed by atoms with Crippen molar-refractivity contribution in [2.75, 3.05) is 0 Å². The Labute approximate surface area is 132 Å². The van der Waals surface area contributed by atoms with E-state index in [4.69, 9.17) is 5.26 Å². The van der Waals surface area contributed by atoms with E-state index < -0.39 is 0 Å². The minimum Gasteiger partial charge on any atom is -0.263 e. The van der Waals surface area contributed by atoms with Gasteiger partial charge in [0.25, 0.3) is 0 Å². The molecule has 0 aliphatic rings. The quantitative estimate of drug-likeness (QED) is 0.699. The zero-order valence-corrected chi connectivity index (χ0v) is 12.1. The van der Waals surface area contributed by atoms with Crippen LogP contribution in [0.4, 0.5) is 8.78 Å². The normalized spacial score (nSPS) is 10.3. The van der Waals surface area contributed by atoms with E-state index in [2.05, 4.69) is 11.1 Å². The number of hydrogen-bond acceptors (Lipinski definition) is 2. The average Bonchev–Trinajstić information content (AvgIpc) is 2.57. The summed E-state index contributed by atoms with van der Waals surface area (Å²) in [4.78, 5) is 4.23. The largest absolute Gasteiger partial charge is 0.263 e. The van der Waals surface area contributed by atoms with Gasteiger partial charge in [-0.3, -0.25) is 4.98 Å². The summed E-state index contributed by atoms with van der Waals surface area (Å²) in [6.07, 6.45) is 3.50. The molecule has 3 rings (SSSR count). The Kier molecular flexibility index (Phi) is 4.11. The van der Waals surface area contributed by atoms with Crippen LogP contribution in [-0.4, -0.2) is 4.98 Å². The van der Waals surface area contributed by atoms with Crippen molar-refractivity contribution in [3.05, 3.63) is 78.1 Å². The first-order valence-corrected chi connectivity index (χ1v) is 7.05. The zero-order valence-electron chi connectivity index (χ0n) is 12.1. The van der Waals surface area contributed by atoms with Crippen LogP contribution < -0.4 is 0 Å². The van der Waals surface area contributed by atoms with E-state index >= 15 is 0 Å². The fourth-order valence-electron chi connectivity index (χ4n) is 2.51. The minimum atomic E-state index is -0.321. The van der Waals surface area contributed by atoms with Gasteiger partial charge in [0.15, 0.2) is 0 Å². The maximum atomic E-state index is 13.1. The highest BCUT2D eigenvalue weighted by Crippen LogP contribution is 2.32. The van der Waals surface area contributed by atoms with Crippen LogP contribution in [0.1, 0.15) is 5.56 Å². The van der Waals surface area contributed by atoms with Gasteiger partial charge in [-0.15, -0.1) is 0 Å². The second-order valence-electron chi connectivity index (χ2n) is 5.06. The first-order chi connectivity index (χ1) is 11.2. The van der Waals surface area contributed by atoms with Crippen LogP contribution in [0, 0.1) is 23.0 Å². The van der Waals surface area contributed by atoms with Crippen LogP contribution >= 0.6 is 0 Å². The molecule has 0 amide bonds. The van der Waals surface area contributed by atoms with E-state index in [1.807, 2.05) is 0 Å². The van der Waals surface area contributed by atoms with Gasteiger partial charge < -0.3 is 0 Å². The molecule has 0 unspecified atom stereocenters. The molecule has 2 aromatic carbocycles. The van der Waals surface area contributed by atoms with E-state index in [0.717, 1.165) is 27.8 Å². The molecular formula is C19H12F2N2. The van der Waals surface area contributed by atoms with Crippen LogP contribution in [0.2, 0.25) is 0 Å². The molecule has 0 fully saturated rings. The SMILES string of the molecule is N#CCc1c(-c2ccc(F)cc2)cncc1-c1ccc(F)cc1. The molecule has 0 radical (unpaired) electrons. The van der Waals surface area contributed by atoms with Gasteiger partial charge in [0, 0.05) is 23.5 Å². The lowest BCUT2D eigenvalue weighted by molar-refractivity contribution is 0.627. The molecule has 0 spiro atoms. The van der Waals surface area contributed by atoms with E-state index in [0.29, 0.717) is 0 Å². The molecule has 2 nitrogen and oxygen atoms in total. The number of rotatable bonds is 3. The molecule has 0 aliphatic heterocycles. The molecule has 1 aromatic heterocycles. The van der Waals surface area contributed by atoms with E-state index in [9.17, 15) is 8.78 Å². The lowest BCUT2D eigenvalue weighted by atomic mass is 9.93. The Morgan fingerprint density at radius 1 is 0.783 bits per heavy atom. The van der Waals surface area contributed by atoms with Crippen molar-refractivity contribution in [1.29, 1.82) is 5.26 Å². The van der Waals surface area contributed by atoms with Gasteiger partial charge in [0.05, 0.1) is 12.5 Å². The average molecular weight is 306 g/mol. The predicted molar refractivity (Wildman–Crippen MR) is 84.3 cm³/mol. The first kappa shape index (κ1) is 14.9. The van der Waals surface area contributed by atoms with Crippen LogP contribution in [0.15, 0.2) is 60.9 Å². The summed E-state index contributed by atoms with van der Waals surface area (Å²) in [5.74, 6) is -0.642. The summed E-state index contributed by atoms with van der Waals surface area (Å²) in [6, 6.07) is 14.3. The molecule has 3 aromatic rings. The number of hydrogen-bond donors (Lipinski definition) is 0. The van der Waals surface area contributed by atoms with Crippen molar-refractivity contribution in [3.8, 4) is 28.3 Å². The Morgan fingerprint density at radius 3 is 1.61 bits per heavy atom. The number of aromatic nitrogens is 1. The number of halogens is 2. The van der Waals surface area contributed by atoms with Gasteiger partial charge in [-0.25, -0.2) is 8.78 Å². The van der Waals surface area contributed by atoms with E-state index in [1.54, 1.807) is 36.7 Å². The molecule has 0 N–H and O–H groups in total. The molecule has 112 valence electrons. The Hall–Kier alpha value is -3.06. The van der Waals surface area contributed by atoms with Gasteiger partial charge in [0.1, 0.15) is 11.6 Å². The molecule has 0 bridgehead atoms. The summed E-state index contributed by atoms with van der Waals surface area (Å²) in [7, 11) is 0. The molecule has 0 atom stereocenters. The Balaban J connectivity index is 2.18. The van der Waals surface area contributed by atoms with Gasteiger partial charge in [-0.2, -0.15) is 5.26 Å². The predicted octanol–water partition coefficient (Wildman–Crippen LogP) is 4.76. The molecule has 0 aliphatic carbocycles. The maximum Gasteiger partial charge on any atom is 0.123 e. The highest BCUT2D eigenvalue weighted by molar-refractivity contribution is 5.77. The third kappa shape index (κ3) is 3.09. The molecule has 23 heavy (non-hydrogen) atoms. The zero-order chi connectivity index (χ0) is 16.2. The highest BCUT2D eigenvalue weighted by Gasteiger charge is 2.12. The number of pyridine rings is 1. The summed E-state index contributed by atoms with van der Waals surface area (Å²) < 4.78 is 26.3. The molecular weight excluding hydrogens is 294 g/mol. The summed E-state index contributed by atoms with van der Waals surface area (Å²) in [5.41, 5.74) is 3.91. The maximum absolute atomic E-state index is 13.1. The van der Waals surface area contributed by atoms with Gasteiger partial charge in [-0.05, 0) is 41.0 Å². The molecule has 1 heterocycles. The topological polar surface area (TPSA) is 36.7 Å². The third-order valence-electron chi connectivity index (χ3n) is 3.62. The van der Waals surface area contributed by atoms with E-state index in [1.165, 1.54) is 24.3 Å². The second kappa shape index (κ2) is 6.37. The molecule has 0 saturated carbocycles. The van der Waals surface area contributed by atoms with Crippen LogP contribution in [0.25, 0.3) is 22.3 Å². The van der Waals surface area contributed by atoms with Gasteiger partial charge in [-0.1, -0.05) is 24.3 Å². The number of benzene rings is 2. The lowest BCUT2D eigenvalue weighted by Gasteiger charge is -2.12. The lowest BCUT2D eigenvalue weighted by Crippen LogP contribution is -1.95. The second-order valence-corrected chi connectivity index (χ2v) is 5.06. The Morgan fingerprint density at radius 2 is 1.22 bits per heavy atom. The number of nitrogens with zero attached hydrogens (tertiary/aromatic N) is 2. The molecule has 4 heteroatoms. The van der Waals surface area contributed by atoms with Crippen LogP contribution in [0.3, 0.4) is 0 Å². The van der Waals surface area contributed by atoms with Crippen molar-refractivity contribution >= 4 is 0 Å². The summed E-state index contributed by atoms with van der Waals surface area (Å²) in [5, 5.41) is 9.16. The Bertz CT molecular complexity index is 800. The van der Waals surface area contributed by atoms with Gasteiger partial charge in [0.2, 0.25) is 0 Å². The smallest absolute Gasteiger partial charge is 0.123 e. The van der Waals surface area contributed by atoms with E-state index in [-0.39, 0.29) is 18.1 Å². The number of nitriles is 1. The highest BCUT2D eigenvalue weighted by atomic mass is 19.1. The monoisotopic (exact) mass is 306 g/mol. The summed E-state index contributed by atoms with van der Waals surface area (Å²) >= 11 is 0. The minimum absolute atomic E-state index is 0.182. The van der Waals surface area contributed by atoms with Crippen molar-refractivity contribution in [1.82, 2.24) is 4.98 Å². The fraction of sp³-hybridized carbons (Fsp3) is 0.0526.